The van der Waals surface area contributed by atoms with Crippen LogP contribution in [0.5, 0.6) is 0 Å². The first kappa shape index (κ1) is 17.7. The molecule has 0 unspecified atom stereocenters. The molecule has 2 heterocycles. The molecule has 1 N–H and O–H groups in total. The van der Waals surface area contributed by atoms with Gasteiger partial charge in [-0.1, -0.05) is 6.92 Å². The van der Waals surface area contributed by atoms with E-state index in [0.29, 0.717) is 25.2 Å². The summed E-state index contributed by atoms with van der Waals surface area (Å²) in [6, 6.07) is 8.54. The first-order chi connectivity index (χ1) is 12.5. The maximum atomic E-state index is 14.0. The number of hydrogen-bond acceptors (Lipinski definition) is 4. The summed E-state index contributed by atoms with van der Waals surface area (Å²) in [4.78, 5) is 8.61. The van der Waals surface area contributed by atoms with E-state index in [1.54, 1.807) is 12.1 Å². The van der Waals surface area contributed by atoms with Gasteiger partial charge in [0, 0.05) is 29.9 Å². The molecule has 0 spiro atoms. The minimum absolute atomic E-state index is 0.0267. The Morgan fingerprint density at radius 2 is 2.00 bits per heavy atom. The molecule has 0 saturated carbocycles. The summed E-state index contributed by atoms with van der Waals surface area (Å²) in [5.41, 5.74) is 1.63. The number of aryl methyl sites for hydroxylation is 1. The van der Waals surface area contributed by atoms with Crippen LogP contribution in [0.25, 0.3) is 11.4 Å². The fraction of sp³-hybridized carbons (Fsp3) is 0.211. The van der Waals surface area contributed by atoms with Gasteiger partial charge >= 0.3 is 0 Å². The summed E-state index contributed by atoms with van der Waals surface area (Å²) in [7, 11) is 0. The van der Waals surface area contributed by atoms with Crippen LogP contribution in [0.15, 0.2) is 48.8 Å². The zero-order valence-corrected chi connectivity index (χ0v) is 14.2. The van der Waals surface area contributed by atoms with Gasteiger partial charge in [0.15, 0.2) is 18.2 Å². The first-order valence-electron chi connectivity index (χ1n) is 8.30. The molecule has 5 nitrogen and oxygen atoms in total. The largest absolute Gasteiger partial charge is 0.619 e. The minimum Gasteiger partial charge on any atom is -0.619 e. The summed E-state index contributed by atoms with van der Waals surface area (Å²) in [6.07, 6.45) is 4.19. The molecule has 0 aliphatic rings. The molecule has 0 aliphatic heterocycles. The molecule has 0 saturated heterocycles. The summed E-state index contributed by atoms with van der Waals surface area (Å²) in [5.74, 6) is -0.450. The Labute approximate surface area is 150 Å². The van der Waals surface area contributed by atoms with E-state index in [2.05, 4.69) is 15.3 Å². The van der Waals surface area contributed by atoms with Crippen molar-refractivity contribution in [1.29, 1.82) is 0 Å². The lowest BCUT2D eigenvalue weighted by molar-refractivity contribution is -0.605. The third-order valence-electron chi connectivity index (χ3n) is 3.87. The van der Waals surface area contributed by atoms with Crippen LogP contribution in [-0.4, -0.2) is 16.5 Å². The summed E-state index contributed by atoms with van der Waals surface area (Å²) in [5, 5.41) is 14.4. The van der Waals surface area contributed by atoms with Crippen LogP contribution >= 0.6 is 0 Å². The number of benzene rings is 1. The molecule has 0 fully saturated rings. The van der Waals surface area contributed by atoms with Crippen LogP contribution in [0, 0.1) is 16.8 Å². The average molecular weight is 356 g/mol. The van der Waals surface area contributed by atoms with Crippen molar-refractivity contribution < 1.29 is 13.5 Å². The van der Waals surface area contributed by atoms with E-state index in [4.69, 9.17) is 0 Å². The molecule has 0 atom stereocenters. The van der Waals surface area contributed by atoms with Crippen molar-refractivity contribution in [3.8, 4) is 11.4 Å². The Bertz CT molecular complexity index is 918. The van der Waals surface area contributed by atoms with Gasteiger partial charge < -0.3 is 10.5 Å². The van der Waals surface area contributed by atoms with E-state index < -0.39 is 11.6 Å². The van der Waals surface area contributed by atoms with Crippen molar-refractivity contribution in [2.24, 2.45) is 0 Å². The monoisotopic (exact) mass is 356 g/mol. The zero-order valence-electron chi connectivity index (χ0n) is 14.2. The molecule has 1 aromatic carbocycles. The molecule has 134 valence electrons. The highest BCUT2D eigenvalue weighted by atomic mass is 19.1. The number of anilines is 1. The Kier molecular flexibility index (Phi) is 5.36. The molecule has 7 heteroatoms. The third-order valence-corrected chi connectivity index (χ3v) is 3.87. The number of hydrogen-bond donors (Lipinski definition) is 1. The molecular formula is C19H18F2N4O. The molecule has 3 rings (SSSR count). The van der Waals surface area contributed by atoms with Crippen molar-refractivity contribution in [2.75, 3.05) is 11.9 Å². The van der Waals surface area contributed by atoms with Crippen LogP contribution in [0.3, 0.4) is 0 Å². The second kappa shape index (κ2) is 7.86. The molecular weight excluding hydrogens is 338 g/mol. The van der Waals surface area contributed by atoms with Crippen molar-refractivity contribution >= 4 is 5.82 Å². The number of nitrogens with one attached hydrogen (secondary N) is 1. The second-order valence-corrected chi connectivity index (χ2v) is 5.79. The highest BCUT2D eigenvalue weighted by Gasteiger charge is 2.12. The maximum Gasteiger partial charge on any atom is 0.183 e. The Balaban J connectivity index is 1.80. The lowest BCUT2D eigenvalue weighted by Crippen LogP contribution is -2.25. The molecule has 0 bridgehead atoms. The number of nitrogens with zero attached hydrogens (tertiary/aromatic N) is 3. The SMILES string of the molecule is CCc1cc(NCCc2ccc[n+]([O-])c2)nc(-c2cc(F)ccc2F)n1. The summed E-state index contributed by atoms with van der Waals surface area (Å²) in [6.45, 7) is 2.46. The van der Waals surface area contributed by atoms with Gasteiger partial charge in [-0.05, 0) is 37.1 Å². The molecule has 0 amide bonds. The fourth-order valence-corrected chi connectivity index (χ4v) is 2.54. The predicted molar refractivity (Wildman–Crippen MR) is 94.4 cm³/mol. The lowest BCUT2D eigenvalue weighted by atomic mass is 10.2. The van der Waals surface area contributed by atoms with E-state index in [-0.39, 0.29) is 11.4 Å². The standard InChI is InChI=1S/C19H18F2N4O/c1-2-15-11-18(22-8-7-13-4-3-9-25(26)12-13)24-19(23-15)16-10-14(20)5-6-17(16)21/h3-6,9-12H,2,7-8H2,1H3,(H,22,23,24). The second-order valence-electron chi connectivity index (χ2n) is 5.79. The first-order valence-corrected chi connectivity index (χ1v) is 8.30. The number of rotatable bonds is 6. The number of pyridine rings is 1. The number of aromatic nitrogens is 3. The van der Waals surface area contributed by atoms with Crippen LogP contribution in [0.4, 0.5) is 14.6 Å². The van der Waals surface area contributed by atoms with E-state index in [1.807, 2.05) is 13.0 Å². The topological polar surface area (TPSA) is 64.8 Å². The van der Waals surface area contributed by atoms with Gasteiger partial charge in [-0.25, -0.2) is 18.7 Å². The van der Waals surface area contributed by atoms with Crippen LogP contribution < -0.4 is 10.0 Å². The minimum atomic E-state index is -0.574. The van der Waals surface area contributed by atoms with Crippen molar-refractivity contribution in [3.63, 3.8) is 0 Å². The van der Waals surface area contributed by atoms with Gasteiger partial charge in [0.2, 0.25) is 0 Å². The lowest BCUT2D eigenvalue weighted by Gasteiger charge is -2.10. The van der Waals surface area contributed by atoms with Gasteiger partial charge in [-0.15, -0.1) is 0 Å². The normalized spacial score (nSPS) is 10.7. The van der Waals surface area contributed by atoms with E-state index in [9.17, 15) is 14.0 Å². The third kappa shape index (κ3) is 4.30. The van der Waals surface area contributed by atoms with Gasteiger partial charge in [0.25, 0.3) is 0 Å². The smallest absolute Gasteiger partial charge is 0.183 e. The van der Waals surface area contributed by atoms with E-state index in [1.165, 1.54) is 12.4 Å². The van der Waals surface area contributed by atoms with Gasteiger partial charge in [0.05, 0.1) is 5.56 Å². The van der Waals surface area contributed by atoms with E-state index >= 15 is 0 Å². The molecule has 2 aromatic heterocycles. The fourth-order valence-electron chi connectivity index (χ4n) is 2.54. The van der Waals surface area contributed by atoms with Crippen molar-refractivity contribution in [2.45, 2.75) is 19.8 Å². The zero-order chi connectivity index (χ0) is 18.5. The van der Waals surface area contributed by atoms with Crippen molar-refractivity contribution in [3.05, 3.63) is 76.9 Å². The van der Waals surface area contributed by atoms with Crippen LogP contribution in [0.1, 0.15) is 18.2 Å². The quantitative estimate of drug-likeness (QED) is 0.544. The van der Waals surface area contributed by atoms with Gasteiger partial charge in [0.1, 0.15) is 17.5 Å². The van der Waals surface area contributed by atoms with Crippen LogP contribution in [-0.2, 0) is 12.8 Å². The van der Waals surface area contributed by atoms with E-state index in [0.717, 1.165) is 34.2 Å². The Morgan fingerprint density at radius 3 is 2.77 bits per heavy atom. The molecule has 0 aliphatic carbocycles. The summed E-state index contributed by atoms with van der Waals surface area (Å²) < 4.78 is 28.3. The maximum absolute atomic E-state index is 14.0. The average Bonchev–Trinajstić information content (AvgIpc) is 2.63. The Hall–Kier alpha value is -3.09. The molecule has 0 radical (unpaired) electrons. The summed E-state index contributed by atoms with van der Waals surface area (Å²) >= 11 is 0. The van der Waals surface area contributed by atoms with Gasteiger partial charge in [-0.2, -0.15) is 4.73 Å². The predicted octanol–water partition coefficient (Wildman–Crippen LogP) is 3.27. The Morgan fingerprint density at radius 1 is 1.15 bits per heavy atom. The number of halogens is 2. The molecule has 26 heavy (non-hydrogen) atoms. The van der Waals surface area contributed by atoms with Crippen molar-refractivity contribution in [1.82, 2.24) is 9.97 Å². The highest BCUT2D eigenvalue weighted by molar-refractivity contribution is 5.58. The van der Waals surface area contributed by atoms with Crippen LogP contribution in [0.2, 0.25) is 0 Å². The molecule has 3 aromatic rings. The van der Waals surface area contributed by atoms with Gasteiger partial charge in [-0.3, -0.25) is 0 Å². The highest BCUT2D eigenvalue weighted by Crippen LogP contribution is 2.22.